The fourth-order valence-electron chi connectivity index (χ4n) is 1.53. The normalized spacial score (nSPS) is 10.8. The van der Waals surface area contributed by atoms with Gasteiger partial charge in [0.2, 0.25) is 5.91 Å². The molecule has 1 N–H and O–H groups in total. The van der Waals surface area contributed by atoms with E-state index in [2.05, 4.69) is 26.2 Å². The second kappa shape index (κ2) is 8.21. The molecule has 0 radical (unpaired) electrons. The quantitative estimate of drug-likeness (QED) is 0.592. The molecule has 1 amide bonds. The van der Waals surface area contributed by atoms with Gasteiger partial charge in [0.25, 0.3) is 0 Å². The van der Waals surface area contributed by atoms with E-state index in [4.69, 9.17) is 4.74 Å². The number of rotatable bonds is 6. The minimum Gasteiger partial charge on any atom is -0.466 e. The molecule has 0 bridgehead atoms. The average molecular weight is 401 g/mol. The van der Waals surface area contributed by atoms with Crippen molar-refractivity contribution in [2.45, 2.75) is 13.3 Å². The third kappa shape index (κ3) is 5.36. The summed E-state index contributed by atoms with van der Waals surface area (Å²) >= 11 is 6.18. The van der Waals surface area contributed by atoms with Gasteiger partial charge in [-0.2, -0.15) is 0 Å². The van der Waals surface area contributed by atoms with Gasteiger partial charge >= 0.3 is 5.97 Å². The van der Waals surface area contributed by atoms with Crippen molar-refractivity contribution in [3.63, 3.8) is 0 Å². The molecular formula is C14H13BrN2O3S2. The molecule has 2 aromatic rings. The number of nitrogens with zero attached hydrogens (tertiary/aromatic N) is 1. The van der Waals surface area contributed by atoms with Crippen molar-refractivity contribution in [1.82, 2.24) is 4.98 Å². The van der Waals surface area contributed by atoms with Crippen LogP contribution in [0.3, 0.4) is 0 Å². The van der Waals surface area contributed by atoms with E-state index < -0.39 is 0 Å². The summed E-state index contributed by atoms with van der Waals surface area (Å²) in [7, 11) is 0. The van der Waals surface area contributed by atoms with Crippen LogP contribution < -0.4 is 5.32 Å². The average Bonchev–Trinajstić information content (AvgIpc) is 3.06. The Balaban J connectivity index is 1.88. The number of thiophene rings is 1. The molecule has 0 fully saturated rings. The molecule has 2 aromatic heterocycles. The second-order valence-corrected chi connectivity index (χ2v) is 7.44. The summed E-state index contributed by atoms with van der Waals surface area (Å²) in [5.41, 5.74) is 0.588. The fraction of sp³-hybridized carbons (Fsp3) is 0.214. The lowest BCUT2D eigenvalue weighted by Crippen LogP contribution is -2.09. The maximum absolute atomic E-state index is 11.8. The first kappa shape index (κ1) is 16.9. The highest BCUT2D eigenvalue weighted by Gasteiger charge is 2.09. The van der Waals surface area contributed by atoms with E-state index in [1.807, 2.05) is 12.1 Å². The third-order valence-corrected chi connectivity index (χ3v) is 4.80. The van der Waals surface area contributed by atoms with E-state index in [1.54, 1.807) is 18.4 Å². The molecule has 5 nitrogen and oxygen atoms in total. The van der Waals surface area contributed by atoms with Gasteiger partial charge in [0.15, 0.2) is 5.13 Å². The molecule has 2 heterocycles. The lowest BCUT2D eigenvalue weighted by molar-refractivity contribution is -0.142. The Hall–Kier alpha value is -1.51. The van der Waals surface area contributed by atoms with Crippen LogP contribution in [0.4, 0.5) is 5.13 Å². The number of ether oxygens (including phenoxy) is 1. The van der Waals surface area contributed by atoms with Crippen LogP contribution in [-0.4, -0.2) is 23.5 Å². The number of carbonyl (C=O) groups excluding carboxylic acids is 2. The Bertz CT molecular complexity index is 694. The standard InChI is InChI=1S/C14H13BrN2O3S2/c1-2-20-13(19)7-9-8-21-14(16-9)17-12(18)6-4-10-3-5-11(15)22-10/h3-6,8H,2,7H2,1H3,(H,16,17,18)/b6-4+. The molecule has 0 unspecified atom stereocenters. The molecule has 0 aliphatic carbocycles. The summed E-state index contributed by atoms with van der Waals surface area (Å²) < 4.78 is 5.86. The first-order chi connectivity index (χ1) is 10.6. The lowest BCUT2D eigenvalue weighted by atomic mass is 10.3. The Morgan fingerprint density at radius 2 is 2.27 bits per heavy atom. The number of halogens is 1. The Morgan fingerprint density at radius 3 is 2.95 bits per heavy atom. The summed E-state index contributed by atoms with van der Waals surface area (Å²) in [4.78, 5) is 28.3. The molecule has 0 atom stereocenters. The number of amides is 1. The topological polar surface area (TPSA) is 68.3 Å². The van der Waals surface area contributed by atoms with Gasteiger partial charge in [-0.1, -0.05) is 0 Å². The number of carbonyl (C=O) groups is 2. The Labute approximate surface area is 144 Å². The van der Waals surface area contributed by atoms with E-state index >= 15 is 0 Å². The fourth-order valence-corrected chi connectivity index (χ4v) is 3.57. The zero-order chi connectivity index (χ0) is 15.9. The lowest BCUT2D eigenvalue weighted by Gasteiger charge is -1.98. The Morgan fingerprint density at radius 1 is 1.45 bits per heavy atom. The predicted molar refractivity (Wildman–Crippen MR) is 92.1 cm³/mol. The van der Waals surface area contributed by atoms with Gasteiger partial charge in [0, 0.05) is 16.3 Å². The van der Waals surface area contributed by atoms with E-state index in [0.29, 0.717) is 17.4 Å². The maximum Gasteiger partial charge on any atom is 0.311 e. The molecule has 8 heteroatoms. The number of anilines is 1. The minimum absolute atomic E-state index is 0.110. The monoisotopic (exact) mass is 400 g/mol. The summed E-state index contributed by atoms with van der Waals surface area (Å²) in [6.07, 6.45) is 3.29. The highest BCUT2D eigenvalue weighted by atomic mass is 79.9. The van der Waals surface area contributed by atoms with Crippen LogP contribution >= 0.6 is 38.6 Å². The van der Waals surface area contributed by atoms with Crippen molar-refractivity contribution < 1.29 is 14.3 Å². The van der Waals surface area contributed by atoms with Gasteiger partial charge in [-0.15, -0.1) is 22.7 Å². The smallest absolute Gasteiger partial charge is 0.311 e. The van der Waals surface area contributed by atoms with Gasteiger partial charge in [-0.3, -0.25) is 14.9 Å². The number of aromatic nitrogens is 1. The SMILES string of the molecule is CCOC(=O)Cc1csc(NC(=O)/C=C/c2ccc(Br)s2)n1. The molecule has 0 saturated carbocycles. The third-order valence-electron chi connectivity index (χ3n) is 2.41. The van der Waals surface area contributed by atoms with Crippen LogP contribution in [0.25, 0.3) is 6.08 Å². The van der Waals surface area contributed by atoms with Crippen molar-refractivity contribution in [3.05, 3.63) is 37.9 Å². The highest BCUT2D eigenvalue weighted by Crippen LogP contribution is 2.23. The van der Waals surface area contributed by atoms with E-state index in [1.165, 1.54) is 28.7 Å². The van der Waals surface area contributed by atoms with Crippen molar-refractivity contribution in [1.29, 1.82) is 0 Å². The molecule has 0 aliphatic rings. The molecular weight excluding hydrogens is 388 g/mol. The first-order valence-electron chi connectivity index (χ1n) is 6.41. The number of hydrogen-bond donors (Lipinski definition) is 1. The van der Waals surface area contributed by atoms with Crippen molar-refractivity contribution in [3.8, 4) is 0 Å². The predicted octanol–water partition coefficient (Wildman–Crippen LogP) is 3.72. The number of thiazole rings is 1. The van der Waals surface area contributed by atoms with Gasteiger partial charge in [0.05, 0.1) is 22.5 Å². The molecule has 116 valence electrons. The summed E-state index contributed by atoms with van der Waals surface area (Å²) in [6.45, 7) is 2.10. The number of esters is 1. The summed E-state index contributed by atoms with van der Waals surface area (Å²) in [6, 6.07) is 3.84. The van der Waals surface area contributed by atoms with Crippen molar-refractivity contribution >= 4 is 61.7 Å². The van der Waals surface area contributed by atoms with Crippen LogP contribution in [0.1, 0.15) is 17.5 Å². The van der Waals surface area contributed by atoms with Crippen LogP contribution in [0.15, 0.2) is 27.4 Å². The summed E-state index contributed by atoms with van der Waals surface area (Å²) in [5.74, 6) is -0.588. The largest absolute Gasteiger partial charge is 0.466 e. The zero-order valence-electron chi connectivity index (χ0n) is 11.7. The Kier molecular flexibility index (Phi) is 6.29. The number of hydrogen-bond acceptors (Lipinski definition) is 6. The van der Waals surface area contributed by atoms with Crippen LogP contribution in [0.2, 0.25) is 0 Å². The first-order valence-corrected chi connectivity index (χ1v) is 8.90. The van der Waals surface area contributed by atoms with E-state index in [-0.39, 0.29) is 18.3 Å². The van der Waals surface area contributed by atoms with Gasteiger partial charge in [-0.05, 0) is 41.1 Å². The van der Waals surface area contributed by atoms with Gasteiger partial charge in [0.1, 0.15) is 0 Å². The molecule has 2 rings (SSSR count). The van der Waals surface area contributed by atoms with Crippen LogP contribution in [0, 0.1) is 0 Å². The highest BCUT2D eigenvalue weighted by molar-refractivity contribution is 9.11. The molecule has 22 heavy (non-hydrogen) atoms. The van der Waals surface area contributed by atoms with E-state index in [0.717, 1.165) is 8.66 Å². The van der Waals surface area contributed by atoms with Crippen molar-refractivity contribution in [2.24, 2.45) is 0 Å². The van der Waals surface area contributed by atoms with Crippen LogP contribution in [0.5, 0.6) is 0 Å². The molecule has 0 aliphatic heterocycles. The van der Waals surface area contributed by atoms with Crippen LogP contribution in [-0.2, 0) is 20.7 Å². The number of nitrogens with one attached hydrogen (secondary N) is 1. The zero-order valence-corrected chi connectivity index (χ0v) is 14.9. The summed E-state index contributed by atoms with van der Waals surface area (Å²) in [5, 5.41) is 4.86. The second-order valence-electron chi connectivity index (χ2n) is 4.09. The maximum atomic E-state index is 11.8. The molecule has 0 saturated heterocycles. The van der Waals surface area contributed by atoms with Crippen molar-refractivity contribution in [2.75, 3.05) is 11.9 Å². The van der Waals surface area contributed by atoms with Gasteiger partial charge < -0.3 is 4.74 Å². The molecule has 0 spiro atoms. The molecule has 0 aromatic carbocycles. The minimum atomic E-state index is -0.325. The van der Waals surface area contributed by atoms with Gasteiger partial charge in [-0.25, -0.2) is 4.98 Å². The van der Waals surface area contributed by atoms with E-state index in [9.17, 15) is 9.59 Å².